The lowest BCUT2D eigenvalue weighted by Gasteiger charge is -2.35. The first-order valence-corrected chi connectivity index (χ1v) is 11.9. The molecule has 1 fully saturated rings. The Bertz CT molecular complexity index is 839. The van der Waals surface area contributed by atoms with Crippen molar-refractivity contribution in [3.8, 4) is 0 Å². The van der Waals surface area contributed by atoms with Gasteiger partial charge in [-0.25, -0.2) is 0 Å². The Labute approximate surface area is 193 Å². The molecule has 0 bridgehead atoms. The summed E-state index contributed by atoms with van der Waals surface area (Å²) in [6.45, 7) is 2.08. The standard InChI is InChI=1S/C28H38N2O2/c1-29(20-7-21-31)22-24-12-14-25(15-13-24)26-16-18-27(19-17-26)30(2)28(32)11-6-10-23-8-4-3-5-9-23/h3-6,8-10,12-15,26-27,31H,7,11,16-22H2,1-2H3/t26-,27-. The predicted molar refractivity (Wildman–Crippen MR) is 132 cm³/mol. The number of hydrogen-bond donors (Lipinski definition) is 1. The molecular formula is C28H38N2O2. The molecule has 1 aliphatic carbocycles. The zero-order chi connectivity index (χ0) is 22.8. The maximum absolute atomic E-state index is 12.6. The third-order valence-corrected chi connectivity index (χ3v) is 6.64. The van der Waals surface area contributed by atoms with Gasteiger partial charge in [0.2, 0.25) is 5.91 Å². The second-order valence-corrected chi connectivity index (χ2v) is 9.08. The molecule has 0 radical (unpaired) electrons. The largest absolute Gasteiger partial charge is 0.396 e. The molecule has 0 unspecified atom stereocenters. The van der Waals surface area contributed by atoms with Gasteiger partial charge in [-0.15, -0.1) is 0 Å². The van der Waals surface area contributed by atoms with Crippen LogP contribution in [0.2, 0.25) is 0 Å². The molecule has 2 aromatic rings. The zero-order valence-corrected chi connectivity index (χ0v) is 19.6. The maximum Gasteiger partial charge on any atom is 0.226 e. The normalized spacial score (nSPS) is 18.9. The van der Waals surface area contributed by atoms with Crippen LogP contribution >= 0.6 is 0 Å². The highest BCUT2D eigenvalue weighted by Crippen LogP contribution is 2.34. The fourth-order valence-corrected chi connectivity index (χ4v) is 4.63. The minimum absolute atomic E-state index is 0.204. The third-order valence-electron chi connectivity index (χ3n) is 6.64. The first kappa shape index (κ1) is 24.2. The fourth-order valence-electron chi connectivity index (χ4n) is 4.63. The summed E-state index contributed by atoms with van der Waals surface area (Å²) in [4.78, 5) is 16.8. The lowest BCUT2D eigenvalue weighted by Crippen LogP contribution is -2.38. The van der Waals surface area contributed by atoms with Crippen LogP contribution in [0.4, 0.5) is 0 Å². The van der Waals surface area contributed by atoms with Crippen LogP contribution in [-0.4, -0.2) is 54.1 Å². The van der Waals surface area contributed by atoms with Crippen molar-refractivity contribution in [2.45, 2.75) is 57.0 Å². The molecule has 1 N–H and O–H groups in total. The van der Waals surface area contributed by atoms with E-state index < -0.39 is 0 Å². The molecule has 32 heavy (non-hydrogen) atoms. The van der Waals surface area contributed by atoms with Crippen LogP contribution in [0.5, 0.6) is 0 Å². The highest BCUT2D eigenvalue weighted by atomic mass is 16.3. The molecule has 1 saturated carbocycles. The van der Waals surface area contributed by atoms with E-state index in [1.54, 1.807) is 0 Å². The van der Waals surface area contributed by atoms with E-state index in [1.807, 2.05) is 54.4 Å². The minimum atomic E-state index is 0.204. The van der Waals surface area contributed by atoms with E-state index in [0.29, 0.717) is 18.4 Å². The van der Waals surface area contributed by atoms with Crippen LogP contribution in [0.3, 0.4) is 0 Å². The van der Waals surface area contributed by atoms with E-state index in [-0.39, 0.29) is 12.5 Å². The molecule has 0 heterocycles. The molecular weight excluding hydrogens is 396 g/mol. The first-order valence-electron chi connectivity index (χ1n) is 11.9. The van der Waals surface area contributed by atoms with Crippen LogP contribution in [0, 0.1) is 0 Å². The number of aliphatic hydroxyl groups excluding tert-OH is 1. The summed E-state index contributed by atoms with van der Waals surface area (Å²) < 4.78 is 0. The summed E-state index contributed by atoms with van der Waals surface area (Å²) in [5.74, 6) is 0.796. The summed E-state index contributed by atoms with van der Waals surface area (Å²) in [7, 11) is 4.06. The van der Waals surface area contributed by atoms with Gasteiger partial charge >= 0.3 is 0 Å². The molecule has 2 aromatic carbocycles. The monoisotopic (exact) mass is 434 g/mol. The Kier molecular flexibility index (Phi) is 9.51. The molecule has 0 aromatic heterocycles. The molecule has 0 aliphatic heterocycles. The number of rotatable bonds is 10. The van der Waals surface area contributed by atoms with Crippen molar-refractivity contribution in [1.82, 2.24) is 9.80 Å². The average Bonchev–Trinajstić information content (AvgIpc) is 2.83. The van der Waals surface area contributed by atoms with E-state index in [2.05, 4.69) is 36.2 Å². The number of amides is 1. The molecule has 172 valence electrons. The second kappa shape index (κ2) is 12.6. The maximum atomic E-state index is 12.6. The Morgan fingerprint density at radius 1 is 1.00 bits per heavy atom. The fraction of sp³-hybridized carbons (Fsp3) is 0.464. The molecule has 3 rings (SSSR count). The van der Waals surface area contributed by atoms with Gasteiger partial charge in [0.25, 0.3) is 0 Å². The third kappa shape index (κ3) is 7.32. The topological polar surface area (TPSA) is 43.8 Å². The summed E-state index contributed by atoms with van der Waals surface area (Å²) in [6.07, 6.45) is 9.69. The molecule has 0 spiro atoms. The summed E-state index contributed by atoms with van der Waals surface area (Å²) in [5, 5.41) is 8.97. The van der Waals surface area contributed by atoms with Gasteiger partial charge < -0.3 is 14.9 Å². The number of carbonyl (C=O) groups is 1. The summed E-state index contributed by atoms with van der Waals surface area (Å²) in [5.41, 5.74) is 3.87. The molecule has 1 aliphatic rings. The summed E-state index contributed by atoms with van der Waals surface area (Å²) in [6, 6.07) is 19.5. The predicted octanol–water partition coefficient (Wildman–Crippen LogP) is 5.09. The van der Waals surface area contributed by atoms with Gasteiger partial charge in [0, 0.05) is 39.2 Å². The quantitative estimate of drug-likeness (QED) is 0.566. The molecule has 4 nitrogen and oxygen atoms in total. The Morgan fingerprint density at radius 2 is 1.69 bits per heavy atom. The number of benzene rings is 2. The van der Waals surface area contributed by atoms with Gasteiger partial charge in [-0.1, -0.05) is 66.7 Å². The average molecular weight is 435 g/mol. The van der Waals surface area contributed by atoms with Crippen molar-refractivity contribution in [2.24, 2.45) is 0 Å². The van der Waals surface area contributed by atoms with Crippen LogP contribution < -0.4 is 0 Å². The number of nitrogens with zero attached hydrogens (tertiary/aromatic N) is 2. The molecule has 0 atom stereocenters. The van der Waals surface area contributed by atoms with Crippen LogP contribution in [-0.2, 0) is 11.3 Å². The minimum Gasteiger partial charge on any atom is -0.396 e. The van der Waals surface area contributed by atoms with Gasteiger partial charge in [-0.3, -0.25) is 4.79 Å². The smallest absolute Gasteiger partial charge is 0.226 e. The zero-order valence-electron chi connectivity index (χ0n) is 19.6. The molecule has 4 heteroatoms. The number of hydrogen-bond acceptors (Lipinski definition) is 3. The van der Waals surface area contributed by atoms with E-state index in [4.69, 9.17) is 5.11 Å². The highest BCUT2D eigenvalue weighted by Gasteiger charge is 2.26. The van der Waals surface area contributed by atoms with Gasteiger partial charge in [0.15, 0.2) is 0 Å². The Hall–Kier alpha value is -2.43. The number of carbonyl (C=O) groups excluding carboxylic acids is 1. The first-order chi connectivity index (χ1) is 15.6. The lowest BCUT2D eigenvalue weighted by molar-refractivity contribution is -0.131. The SMILES string of the molecule is CN(CCCO)Cc1ccc([C@H]2CC[C@H](N(C)C(=O)CC=Cc3ccccc3)CC2)cc1. The second-order valence-electron chi connectivity index (χ2n) is 9.08. The highest BCUT2D eigenvalue weighted by molar-refractivity contribution is 5.78. The summed E-state index contributed by atoms with van der Waals surface area (Å²) >= 11 is 0. The van der Waals surface area contributed by atoms with Crippen LogP contribution in [0.15, 0.2) is 60.7 Å². The van der Waals surface area contributed by atoms with Crippen molar-refractivity contribution in [2.75, 3.05) is 27.2 Å². The van der Waals surface area contributed by atoms with E-state index in [1.165, 1.54) is 11.1 Å². The van der Waals surface area contributed by atoms with E-state index in [9.17, 15) is 4.79 Å². The van der Waals surface area contributed by atoms with Gasteiger partial charge in [-0.2, -0.15) is 0 Å². The van der Waals surface area contributed by atoms with E-state index >= 15 is 0 Å². The van der Waals surface area contributed by atoms with Crippen LogP contribution in [0.1, 0.15) is 61.1 Å². The Balaban J connectivity index is 1.43. The van der Waals surface area contributed by atoms with Crippen molar-refractivity contribution < 1.29 is 9.90 Å². The van der Waals surface area contributed by atoms with Crippen molar-refractivity contribution in [3.05, 3.63) is 77.4 Å². The van der Waals surface area contributed by atoms with Crippen LogP contribution in [0.25, 0.3) is 6.08 Å². The molecule has 0 saturated heterocycles. The Morgan fingerprint density at radius 3 is 2.34 bits per heavy atom. The van der Waals surface area contributed by atoms with E-state index in [0.717, 1.165) is 50.8 Å². The van der Waals surface area contributed by atoms with Crippen molar-refractivity contribution >= 4 is 12.0 Å². The van der Waals surface area contributed by atoms with Gasteiger partial charge in [-0.05, 0) is 61.8 Å². The number of aliphatic hydroxyl groups is 1. The van der Waals surface area contributed by atoms with Gasteiger partial charge in [0.1, 0.15) is 0 Å². The van der Waals surface area contributed by atoms with Gasteiger partial charge in [0.05, 0.1) is 0 Å². The van der Waals surface area contributed by atoms with Crippen molar-refractivity contribution in [3.63, 3.8) is 0 Å². The molecule has 1 amide bonds. The lowest BCUT2D eigenvalue weighted by atomic mass is 9.81. The van der Waals surface area contributed by atoms with Crippen molar-refractivity contribution in [1.29, 1.82) is 0 Å².